The lowest BCUT2D eigenvalue weighted by Gasteiger charge is -2.12. The average Bonchev–Trinajstić information content (AvgIpc) is 3.21. The first-order valence-corrected chi connectivity index (χ1v) is 7.65. The summed E-state index contributed by atoms with van der Waals surface area (Å²) in [7, 11) is 0. The van der Waals surface area contributed by atoms with Gasteiger partial charge in [-0.3, -0.25) is 14.7 Å². The maximum absolute atomic E-state index is 14.8. The molecule has 3 aromatic heterocycles. The van der Waals surface area contributed by atoms with E-state index in [4.69, 9.17) is 5.73 Å². The molecule has 8 nitrogen and oxygen atoms in total. The van der Waals surface area contributed by atoms with Crippen LogP contribution in [-0.4, -0.2) is 31.9 Å². The summed E-state index contributed by atoms with van der Waals surface area (Å²) >= 11 is 0. The number of carbonyl (C=O) groups excluding carboxylic acids is 2. The number of pyridine rings is 1. The zero-order valence-corrected chi connectivity index (χ0v) is 13.6. The molecule has 0 bridgehead atoms. The number of halogens is 1. The van der Waals surface area contributed by atoms with Crippen LogP contribution in [0.15, 0.2) is 30.7 Å². The van der Waals surface area contributed by atoms with Gasteiger partial charge in [0.15, 0.2) is 5.82 Å². The first kappa shape index (κ1) is 15.8. The van der Waals surface area contributed by atoms with Crippen molar-refractivity contribution in [1.29, 1.82) is 0 Å². The Morgan fingerprint density at radius 1 is 1.38 bits per heavy atom. The van der Waals surface area contributed by atoms with Crippen LogP contribution >= 0.6 is 0 Å². The Kier molecular flexibility index (Phi) is 3.43. The number of benzene rings is 1. The minimum atomic E-state index is -0.860. The number of H-pyrrole nitrogens is 1. The number of amides is 2. The largest absolute Gasteiger partial charge is 0.365 e. The predicted octanol–water partition coefficient (Wildman–Crippen LogP) is 1.99. The summed E-state index contributed by atoms with van der Waals surface area (Å²) in [5, 5.41) is 9.65. The molecular weight excluding hydrogens is 339 g/mol. The Hall–Kier alpha value is -3.75. The smallest absolute Gasteiger partial charge is 0.253 e. The molecule has 0 saturated carbocycles. The number of rotatable bonds is 4. The van der Waals surface area contributed by atoms with Gasteiger partial charge in [0.2, 0.25) is 6.41 Å². The van der Waals surface area contributed by atoms with Crippen molar-refractivity contribution >= 4 is 34.7 Å². The van der Waals surface area contributed by atoms with Crippen LogP contribution in [0, 0.1) is 12.7 Å². The molecule has 0 atom stereocenters. The first-order valence-electron chi connectivity index (χ1n) is 7.65. The van der Waals surface area contributed by atoms with Gasteiger partial charge in [-0.2, -0.15) is 5.10 Å². The molecule has 4 rings (SSSR count). The summed E-state index contributed by atoms with van der Waals surface area (Å²) < 4.78 is 16.5. The molecule has 0 aliphatic carbocycles. The summed E-state index contributed by atoms with van der Waals surface area (Å²) in [5.74, 6) is -1.14. The number of aromatic nitrogens is 4. The Morgan fingerprint density at radius 3 is 2.92 bits per heavy atom. The minimum Gasteiger partial charge on any atom is -0.365 e. The van der Waals surface area contributed by atoms with Crippen LogP contribution in [0.25, 0.3) is 27.7 Å². The van der Waals surface area contributed by atoms with E-state index in [9.17, 15) is 14.0 Å². The van der Waals surface area contributed by atoms with Crippen LogP contribution in [0.2, 0.25) is 0 Å². The van der Waals surface area contributed by atoms with Gasteiger partial charge in [0.05, 0.1) is 17.9 Å². The fraction of sp³-hybridized carbons (Fsp3) is 0.0588. The highest BCUT2D eigenvalue weighted by Crippen LogP contribution is 2.35. The van der Waals surface area contributed by atoms with Crippen molar-refractivity contribution in [3.05, 3.63) is 47.7 Å². The minimum absolute atomic E-state index is 0.208. The van der Waals surface area contributed by atoms with Crippen molar-refractivity contribution in [3.8, 4) is 11.1 Å². The van der Waals surface area contributed by atoms with Gasteiger partial charge in [-0.05, 0) is 30.2 Å². The summed E-state index contributed by atoms with van der Waals surface area (Å²) in [5.41, 5.74) is 7.58. The van der Waals surface area contributed by atoms with Crippen LogP contribution in [0.1, 0.15) is 15.9 Å². The van der Waals surface area contributed by atoms with Crippen molar-refractivity contribution < 1.29 is 14.0 Å². The summed E-state index contributed by atoms with van der Waals surface area (Å²) in [4.78, 5) is 26.5. The number of carbonyl (C=O) groups is 2. The number of primary amides is 1. The number of nitrogens with two attached hydrogens (primary N) is 1. The summed E-state index contributed by atoms with van der Waals surface area (Å²) in [6.45, 7) is 1.58. The Labute approximate surface area is 145 Å². The third kappa shape index (κ3) is 2.21. The molecule has 0 radical (unpaired) electrons. The zero-order valence-electron chi connectivity index (χ0n) is 13.6. The molecular formula is C17H13FN6O2. The van der Waals surface area contributed by atoms with Gasteiger partial charge in [-0.25, -0.2) is 9.37 Å². The maximum atomic E-state index is 14.8. The van der Waals surface area contributed by atoms with Crippen LogP contribution in [-0.2, 0) is 4.79 Å². The lowest BCUT2D eigenvalue weighted by molar-refractivity contribution is -0.105. The highest BCUT2D eigenvalue weighted by molar-refractivity contribution is 6.09. The lowest BCUT2D eigenvalue weighted by Crippen LogP contribution is -2.15. The van der Waals surface area contributed by atoms with E-state index >= 15 is 0 Å². The molecule has 130 valence electrons. The molecule has 0 aliphatic rings. The number of anilines is 1. The molecule has 9 heteroatoms. The molecule has 4 aromatic rings. The van der Waals surface area contributed by atoms with E-state index in [1.165, 1.54) is 6.20 Å². The number of fused-ring (bicyclic) bond motifs is 2. The molecule has 4 N–H and O–H groups in total. The van der Waals surface area contributed by atoms with Crippen molar-refractivity contribution in [2.75, 3.05) is 5.32 Å². The highest BCUT2D eigenvalue weighted by Gasteiger charge is 2.22. The molecule has 0 aliphatic heterocycles. The van der Waals surface area contributed by atoms with E-state index in [1.54, 1.807) is 35.9 Å². The molecule has 0 saturated heterocycles. The van der Waals surface area contributed by atoms with E-state index in [1.807, 2.05) is 0 Å². The quantitative estimate of drug-likeness (QED) is 0.487. The first-order chi connectivity index (χ1) is 12.5. The van der Waals surface area contributed by atoms with Crippen molar-refractivity contribution in [1.82, 2.24) is 19.6 Å². The molecule has 0 unspecified atom stereocenters. The second-order valence-corrected chi connectivity index (χ2v) is 5.78. The molecule has 2 amide bonds. The number of nitrogens with zero attached hydrogens (tertiary/aromatic N) is 3. The number of imidazole rings is 1. The molecule has 1 aromatic carbocycles. The van der Waals surface area contributed by atoms with Crippen LogP contribution < -0.4 is 11.1 Å². The SMILES string of the molecule is Cc1c(F)c(C(N)=O)c2[nH]ncc2c1-c1ccc2nc(NC=O)cn2c1. The topological polar surface area (TPSA) is 118 Å². The number of hydrogen-bond donors (Lipinski definition) is 3. The van der Waals surface area contributed by atoms with Gasteiger partial charge in [0.25, 0.3) is 5.91 Å². The second kappa shape index (κ2) is 5.66. The zero-order chi connectivity index (χ0) is 18.4. The van der Waals surface area contributed by atoms with Gasteiger partial charge in [-0.15, -0.1) is 0 Å². The van der Waals surface area contributed by atoms with Gasteiger partial charge in [0, 0.05) is 17.1 Å². The fourth-order valence-electron chi connectivity index (χ4n) is 3.15. The lowest BCUT2D eigenvalue weighted by atomic mass is 9.94. The highest BCUT2D eigenvalue weighted by atomic mass is 19.1. The normalized spacial score (nSPS) is 11.2. The summed E-state index contributed by atoms with van der Waals surface area (Å²) in [6, 6.07) is 3.53. The van der Waals surface area contributed by atoms with Crippen LogP contribution in [0.5, 0.6) is 0 Å². The van der Waals surface area contributed by atoms with E-state index in [0.29, 0.717) is 40.0 Å². The van der Waals surface area contributed by atoms with Crippen LogP contribution in [0.4, 0.5) is 10.2 Å². The Bertz CT molecular complexity index is 1190. The predicted molar refractivity (Wildman–Crippen MR) is 93.2 cm³/mol. The van der Waals surface area contributed by atoms with E-state index < -0.39 is 11.7 Å². The number of aromatic amines is 1. The van der Waals surface area contributed by atoms with Gasteiger partial charge in [-0.1, -0.05) is 0 Å². The van der Waals surface area contributed by atoms with E-state index in [0.717, 1.165) is 0 Å². The van der Waals surface area contributed by atoms with Crippen molar-refractivity contribution in [2.24, 2.45) is 5.73 Å². The number of hydrogen-bond acceptors (Lipinski definition) is 4. The fourth-order valence-corrected chi connectivity index (χ4v) is 3.15. The molecule has 0 fully saturated rings. The molecule has 26 heavy (non-hydrogen) atoms. The third-order valence-corrected chi connectivity index (χ3v) is 4.28. The second-order valence-electron chi connectivity index (χ2n) is 5.78. The molecule has 3 heterocycles. The van der Waals surface area contributed by atoms with Crippen LogP contribution in [0.3, 0.4) is 0 Å². The Morgan fingerprint density at radius 2 is 2.19 bits per heavy atom. The van der Waals surface area contributed by atoms with Crippen molar-refractivity contribution in [3.63, 3.8) is 0 Å². The maximum Gasteiger partial charge on any atom is 0.253 e. The molecule has 0 spiro atoms. The summed E-state index contributed by atoms with van der Waals surface area (Å²) in [6.07, 6.45) is 5.47. The number of nitrogens with one attached hydrogen (secondary N) is 2. The van der Waals surface area contributed by atoms with Gasteiger partial charge < -0.3 is 15.5 Å². The Balaban J connectivity index is 2.00. The van der Waals surface area contributed by atoms with Gasteiger partial charge in [0.1, 0.15) is 17.0 Å². The average molecular weight is 352 g/mol. The van der Waals surface area contributed by atoms with E-state index in [2.05, 4.69) is 20.5 Å². The van der Waals surface area contributed by atoms with E-state index in [-0.39, 0.29) is 11.1 Å². The van der Waals surface area contributed by atoms with Crippen molar-refractivity contribution in [2.45, 2.75) is 6.92 Å². The standard InChI is InChI=1S/C17H13FN6O2/c1-8-13(10-4-21-23-16(10)14(15(8)18)17(19)26)9-2-3-12-22-11(20-7-25)6-24(12)5-9/h2-7H,1H3,(H2,19,26)(H,20,25)(H,21,23). The monoisotopic (exact) mass is 352 g/mol. The van der Waals surface area contributed by atoms with Gasteiger partial charge >= 0.3 is 0 Å². The third-order valence-electron chi connectivity index (χ3n) is 4.28.